The fourth-order valence-electron chi connectivity index (χ4n) is 0.183. The van der Waals surface area contributed by atoms with Crippen LogP contribution in [0.25, 0.3) is 0 Å². The molecule has 0 fully saturated rings. The van der Waals surface area contributed by atoms with Gasteiger partial charge in [-0.25, -0.2) is 4.79 Å². The molecule has 0 aliphatic heterocycles. The minimum atomic E-state index is 0.884. The summed E-state index contributed by atoms with van der Waals surface area (Å²) in [6.07, 6.45) is 2.60. The van der Waals surface area contributed by atoms with Gasteiger partial charge in [-0.2, -0.15) is 0 Å². The van der Waals surface area contributed by atoms with Crippen LogP contribution in [0.3, 0.4) is 0 Å². The van der Waals surface area contributed by atoms with E-state index in [0.29, 0.717) is 0 Å². The van der Waals surface area contributed by atoms with Crippen LogP contribution < -0.4 is 0 Å². The van der Waals surface area contributed by atoms with Crippen molar-refractivity contribution in [2.45, 2.75) is 13.3 Å². The Morgan fingerprint density at radius 3 is 2.86 bits per heavy atom. The summed E-state index contributed by atoms with van der Waals surface area (Å²) in [5, 5.41) is 0. The predicted molar refractivity (Wildman–Crippen MR) is 27.6 cm³/mol. The summed E-state index contributed by atoms with van der Waals surface area (Å²) < 4.78 is 0. The molecule has 0 aromatic rings. The summed E-state index contributed by atoms with van der Waals surface area (Å²) in [5.41, 5.74) is 4.62. The zero-order valence-electron chi connectivity index (χ0n) is 4.19. The number of hydrogen-bond donors (Lipinski definition) is 0. The Morgan fingerprint density at radius 1 is 1.71 bits per heavy atom. The van der Waals surface area contributed by atoms with Crippen LogP contribution in [0.1, 0.15) is 13.3 Å². The lowest BCUT2D eigenvalue weighted by molar-refractivity contribution is 0.569. The van der Waals surface area contributed by atoms with Gasteiger partial charge in [0.25, 0.3) is 0 Å². The van der Waals surface area contributed by atoms with Crippen molar-refractivity contribution in [3.63, 3.8) is 0 Å². The second-order valence-corrected chi connectivity index (χ2v) is 0.984. The van der Waals surface area contributed by atoms with Gasteiger partial charge in [0, 0.05) is 5.73 Å². The molecule has 1 nitrogen and oxygen atoms in total. The third-order valence-electron chi connectivity index (χ3n) is 0.429. The first kappa shape index (κ1) is 6.01. The molecular weight excluding hydrogens is 88.1 g/mol. The molecule has 0 radical (unpaired) electrons. The van der Waals surface area contributed by atoms with E-state index in [9.17, 15) is 4.79 Å². The van der Waals surface area contributed by atoms with Crippen LogP contribution in [0.4, 0.5) is 0 Å². The van der Waals surface area contributed by atoms with E-state index in [2.05, 4.69) is 11.5 Å². The van der Waals surface area contributed by atoms with Gasteiger partial charge in [-0.1, -0.05) is 12.7 Å². The van der Waals surface area contributed by atoms with E-state index >= 15 is 0 Å². The van der Waals surface area contributed by atoms with Crippen molar-refractivity contribution in [1.82, 2.24) is 0 Å². The zero-order valence-corrected chi connectivity index (χ0v) is 4.19. The van der Waals surface area contributed by atoms with Crippen molar-refractivity contribution in [1.29, 1.82) is 0 Å². The molecule has 0 amide bonds. The van der Waals surface area contributed by atoms with Gasteiger partial charge in [-0.05, 0) is 12.5 Å². The van der Waals surface area contributed by atoms with Gasteiger partial charge in [0.05, 0.1) is 0 Å². The third kappa shape index (κ3) is 5.01. The Hall–Kier alpha value is -0.990. The van der Waals surface area contributed by atoms with Crippen molar-refractivity contribution in [2.75, 3.05) is 0 Å². The number of allylic oxidation sites excluding steroid dienone is 1. The lowest BCUT2D eigenvalue weighted by Gasteiger charge is -1.59. The van der Waals surface area contributed by atoms with E-state index in [4.69, 9.17) is 0 Å². The summed E-state index contributed by atoms with van der Waals surface area (Å²) in [6.45, 7) is 1.96. The molecule has 0 aliphatic carbocycles. The van der Waals surface area contributed by atoms with E-state index in [1.165, 1.54) is 5.94 Å². The largest absolute Gasteiger partial charge is 0.223 e. The van der Waals surface area contributed by atoms with Crippen molar-refractivity contribution < 1.29 is 4.79 Å². The molecule has 0 unspecified atom stereocenters. The highest BCUT2D eigenvalue weighted by Gasteiger charge is 1.52. The zero-order chi connectivity index (χ0) is 5.54. The molecule has 0 atom stereocenters. The maximum atomic E-state index is 9.36. The number of hydrogen-bond acceptors (Lipinski definition) is 1. The van der Waals surface area contributed by atoms with Crippen molar-refractivity contribution in [3.8, 4) is 0 Å². The normalized spacial score (nSPS) is 5.29. The summed E-state index contributed by atoms with van der Waals surface area (Å²) in [6, 6.07) is 0. The Bertz CT molecular complexity index is 140. The SMILES string of the molecule is CCC=C=C=C=O. The highest BCUT2D eigenvalue weighted by atomic mass is 16.1. The lowest BCUT2D eigenvalue weighted by Crippen LogP contribution is -1.42. The maximum Gasteiger partial charge on any atom is 0.185 e. The van der Waals surface area contributed by atoms with Gasteiger partial charge in [0.15, 0.2) is 5.94 Å². The van der Waals surface area contributed by atoms with Gasteiger partial charge in [-0.3, -0.25) is 0 Å². The van der Waals surface area contributed by atoms with E-state index in [1.807, 2.05) is 6.92 Å². The molecule has 0 spiro atoms. The van der Waals surface area contributed by atoms with Crippen LogP contribution in [-0.2, 0) is 4.79 Å². The molecule has 36 valence electrons. The van der Waals surface area contributed by atoms with E-state index in [1.54, 1.807) is 6.08 Å². The molecular formula is C6H6O. The first-order valence-corrected chi connectivity index (χ1v) is 2.11. The summed E-state index contributed by atoms with van der Waals surface area (Å²) in [4.78, 5) is 9.36. The molecule has 0 rings (SSSR count). The molecule has 0 saturated heterocycles. The minimum Gasteiger partial charge on any atom is -0.223 e. The predicted octanol–water partition coefficient (Wildman–Crippen LogP) is 1.09. The first-order chi connectivity index (χ1) is 3.41. The number of rotatable bonds is 1. The summed E-state index contributed by atoms with van der Waals surface area (Å²) in [5.74, 6) is 1.46. The van der Waals surface area contributed by atoms with Gasteiger partial charge in [-0.15, -0.1) is 0 Å². The van der Waals surface area contributed by atoms with E-state index in [0.717, 1.165) is 6.42 Å². The van der Waals surface area contributed by atoms with Gasteiger partial charge < -0.3 is 0 Å². The van der Waals surface area contributed by atoms with Crippen molar-refractivity contribution >= 4 is 5.94 Å². The maximum absolute atomic E-state index is 9.36. The molecule has 0 N–H and O–H groups in total. The fraction of sp³-hybridized carbons (Fsp3) is 0.333. The second kappa shape index (κ2) is 5.01. The van der Waals surface area contributed by atoms with Crippen LogP contribution in [0, 0.1) is 0 Å². The monoisotopic (exact) mass is 94.0 g/mol. The Labute approximate surface area is 42.7 Å². The summed E-state index contributed by atoms with van der Waals surface area (Å²) in [7, 11) is 0. The summed E-state index contributed by atoms with van der Waals surface area (Å²) >= 11 is 0. The van der Waals surface area contributed by atoms with Crippen LogP contribution in [-0.4, -0.2) is 5.94 Å². The highest BCUT2D eigenvalue weighted by molar-refractivity contribution is 5.43. The highest BCUT2D eigenvalue weighted by Crippen LogP contribution is 1.70. The fourth-order valence-corrected chi connectivity index (χ4v) is 0.183. The van der Waals surface area contributed by atoms with Crippen molar-refractivity contribution in [3.05, 3.63) is 17.5 Å². The molecule has 0 aromatic heterocycles. The second-order valence-electron chi connectivity index (χ2n) is 0.984. The molecule has 0 aromatic carbocycles. The molecule has 7 heavy (non-hydrogen) atoms. The standard InChI is InChI=1S/C6H6O/c1-2-3-4-5-6-7/h3H,2H2,1H3. The minimum absolute atomic E-state index is 0.884. The van der Waals surface area contributed by atoms with Crippen LogP contribution >= 0.6 is 0 Å². The molecule has 0 heterocycles. The van der Waals surface area contributed by atoms with Crippen molar-refractivity contribution in [2.24, 2.45) is 0 Å². The number of carbonyl (C=O) groups excluding carboxylic acids is 1. The van der Waals surface area contributed by atoms with Gasteiger partial charge in [0.1, 0.15) is 0 Å². The average Bonchev–Trinajstić information content (AvgIpc) is 1.69. The first-order valence-electron chi connectivity index (χ1n) is 2.11. The van der Waals surface area contributed by atoms with E-state index < -0.39 is 0 Å². The molecule has 0 bridgehead atoms. The smallest absolute Gasteiger partial charge is 0.185 e. The van der Waals surface area contributed by atoms with Gasteiger partial charge >= 0.3 is 0 Å². The molecule has 1 heteroatoms. The van der Waals surface area contributed by atoms with E-state index in [-0.39, 0.29) is 0 Å². The van der Waals surface area contributed by atoms with Crippen LogP contribution in [0.5, 0.6) is 0 Å². The Kier molecular flexibility index (Phi) is 4.30. The third-order valence-corrected chi connectivity index (χ3v) is 0.429. The van der Waals surface area contributed by atoms with Crippen LogP contribution in [0.2, 0.25) is 0 Å². The van der Waals surface area contributed by atoms with Crippen LogP contribution in [0.15, 0.2) is 17.5 Å². The topological polar surface area (TPSA) is 17.1 Å². The quantitative estimate of drug-likeness (QED) is 0.351. The lowest BCUT2D eigenvalue weighted by atomic mass is 10.5. The Morgan fingerprint density at radius 2 is 2.43 bits per heavy atom. The Balaban J connectivity index is 3.89. The average molecular weight is 94.1 g/mol. The van der Waals surface area contributed by atoms with Gasteiger partial charge in [0.2, 0.25) is 0 Å². The molecule has 0 aliphatic rings. The molecule has 0 saturated carbocycles.